The molecular formula is C27H44N2O2. The first-order valence-electron chi connectivity index (χ1n) is 13.0. The fraction of sp³-hybridized carbons (Fsp3) is 0.741. The molecule has 2 aliphatic carbocycles. The molecule has 0 radical (unpaired) electrons. The zero-order valence-electron chi connectivity index (χ0n) is 19.4. The van der Waals surface area contributed by atoms with Crippen molar-refractivity contribution >= 4 is 5.91 Å². The first-order valence-corrected chi connectivity index (χ1v) is 13.0. The minimum atomic E-state index is 0.0541. The van der Waals surface area contributed by atoms with Gasteiger partial charge in [-0.2, -0.15) is 0 Å². The van der Waals surface area contributed by atoms with Crippen molar-refractivity contribution in [2.24, 2.45) is 11.7 Å². The lowest BCUT2D eigenvalue weighted by molar-refractivity contribution is -0.125. The second kappa shape index (κ2) is 13.1. The van der Waals surface area contributed by atoms with E-state index in [1.165, 1.54) is 76.2 Å². The summed E-state index contributed by atoms with van der Waals surface area (Å²) in [5, 5.41) is 13.6. The van der Waals surface area contributed by atoms with Crippen LogP contribution in [0.5, 0.6) is 5.75 Å². The molecule has 31 heavy (non-hydrogen) atoms. The van der Waals surface area contributed by atoms with Crippen LogP contribution in [0, 0.1) is 5.92 Å². The van der Waals surface area contributed by atoms with Gasteiger partial charge in [0.25, 0.3) is 0 Å². The summed E-state index contributed by atoms with van der Waals surface area (Å²) >= 11 is 0. The van der Waals surface area contributed by atoms with Crippen LogP contribution in [0.25, 0.3) is 0 Å². The van der Waals surface area contributed by atoms with Gasteiger partial charge in [0.2, 0.25) is 5.91 Å². The Morgan fingerprint density at radius 1 is 0.903 bits per heavy atom. The number of aromatic hydroxyl groups is 1. The maximum absolute atomic E-state index is 12.8. The van der Waals surface area contributed by atoms with E-state index in [0.717, 1.165) is 37.7 Å². The van der Waals surface area contributed by atoms with E-state index in [4.69, 9.17) is 5.73 Å². The van der Waals surface area contributed by atoms with Gasteiger partial charge in [-0.25, -0.2) is 0 Å². The quantitative estimate of drug-likeness (QED) is 0.542. The maximum Gasteiger partial charge on any atom is 0.223 e. The number of phenolic OH excluding ortho intramolecular Hbond substituents is 1. The first-order chi connectivity index (χ1) is 15.1. The minimum Gasteiger partial charge on any atom is -0.508 e. The Morgan fingerprint density at radius 2 is 1.52 bits per heavy atom. The average molecular weight is 429 g/mol. The molecule has 2 aliphatic rings. The number of phenols is 1. The van der Waals surface area contributed by atoms with Gasteiger partial charge in [0, 0.05) is 18.5 Å². The summed E-state index contributed by atoms with van der Waals surface area (Å²) in [7, 11) is 0. The highest BCUT2D eigenvalue weighted by Crippen LogP contribution is 2.36. The van der Waals surface area contributed by atoms with E-state index in [-0.39, 0.29) is 17.9 Å². The van der Waals surface area contributed by atoms with Crippen molar-refractivity contribution in [1.29, 1.82) is 0 Å². The molecule has 4 nitrogen and oxygen atoms in total. The molecule has 1 amide bonds. The van der Waals surface area contributed by atoms with Crippen LogP contribution >= 0.6 is 0 Å². The highest BCUT2D eigenvalue weighted by atomic mass is 16.3. The van der Waals surface area contributed by atoms with E-state index in [0.29, 0.717) is 18.2 Å². The zero-order valence-corrected chi connectivity index (χ0v) is 19.4. The number of carbonyl (C=O) groups is 1. The molecule has 1 aromatic carbocycles. The third kappa shape index (κ3) is 8.14. The van der Waals surface area contributed by atoms with Crippen molar-refractivity contribution in [2.45, 2.75) is 115 Å². The summed E-state index contributed by atoms with van der Waals surface area (Å²) in [6, 6.07) is 6.20. The monoisotopic (exact) mass is 428 g/mol. The molecule has 4 N–H and O–H groups in total. The van der Waals surface area contributed by atoms with Crippen LogP contribution in [-0.2, 0) is 11.2 Å². The predicted molar refractivity (Wildman–Crippen MR) is 128 cm³/mol. The van der Waals surface area contributed by atoms with Crippen molar-refractivity contribution in [3.63, 3.8) is 0 Å². The third-order valence-corrected chi connectivity index (χ3v) is 7.44. The van der Waals surface area contributed by atoms with E-state index in [1.807, 2.05) is 12.1 Å². The van der Waals surface area contributed by atoms with Crippen molar-refractivity contribution in [3.05, 3.63) is 29.3 Å². The third-order valence-electron chi connectivity index (χ3n) is 7.44. The largest absolute Gasteiger partial charge is 0.508 e. The molecule has 4 heteroatoms. The predicted octanol–water partition coefficient (Wildman–Crippen LogP) is 5.96. The lowest BCUT2D eigenvalue weighted by Gasteiger charge is -2.23. The SMILES string of the molecule is NC1CCCCCCCC(C(=O)NCCc2ccc(O)c(C3CCCCCCC3)c2)C1. The molecule has 2 atom stereocenters. The molecule has 1 aromatic rings. The van der Waals surface area contributed by atoms with Crippen LogP contribution in [0.2, 0.25) is 0 Å². The van der Waals surface area contributed by atoms with Crippen molar-refractivity contribution in [2.75, 3.05) is 6.54 Å². The van der Waals surface area contributed by atoms with E-state index >= 15 is 0 Å². The Bertz CT molecular complexity index is 667. The molecule has 0 spiro atoms. The number of hydrogen-bond donors (Lipinski definition) is 3. The first kappa shape index (κ1) is 24.1. The lowest BCUT2D eigenvalue weighted by Crippen LogP contribution is -2.36. The number of hydrogen-bond acceptors (Lipinski definition) is 3. The summed E-state index contributed by atoms with van der Waals surface area (Å²) in [5.74, 6) is 1.14. The highest BCUT2D eigenvalue weighted by molar-refractivity contribution is 5.78. The Labute approximate surface area is 189 Å². The maximum atomic E-state index is 12.8. The number of rotatable bonds is 5. The highest BCUT2D eigenvalue weighted by Gasteiger charge is 2.22. The molecule has 2 saturated carbocycles. The summed E-state index contributed by atoms with van der Waals surface area (Å²) in [4.78, 5) is 12.8. The van der Waals surface area contributed by atoms with Crippen molar-refractivity contribution in [3.8, 4) is 5.75 Å². The number of carbonyl (C=O) groups excluding carboxylic acids is 1. The fourth-order valence-corrected chi connectivity index (χ4v) is 5.49. The van der Waals surface area contributed by atoms with Crippen molar-refractivity contribution < 1.29 is 9.90 Å². The lowest BCUT2D eigenvalue weighted by atomic mass is 9.84. The smallest absolute Gasteiger partial charge is 0.223 e. The zero-order chi connectivity index (χ0) is 21.9. The van der Waals surface area contributed by atoms with Crippen molar-refractivity contribution in [1.82, 2.24) is 5.32 Å². The topological polar surface area (TPSA) is 75.4 Å². The van der Waals surface area contributed by atoms with E-state index in [9.17, 15) is 9.90 Å². The number of benzene rings is 1. The summed E-state index contributed by atoms with van der Waals surface area (Å²) in [6.45, 7) is 0.652. The van der Waals surface area contributed by atoms with Crippen LogP contribution in [0.3, 0.4) is 0 Å². The van der Waals surface area contributed by atoms with Gasteiger partial charge >= 0.3 is 0 Å². The molecule has 3 rings (SSSR count). The molecule has 174 valence electrons. The Hall–Kier alpha value is -1.55. The summed E-state index contributed by atoms with van der Waals surface area (Å²) < 4.78 is 0. The van der Waals surface area contributed by atoms with Gasteiger partial charge in [-0.3, -0.25) is 4.79 Å². The standard InChI is InChI=1S/C27H44N2O2/c28-24-14-10-6-2-5-9-13-23(20-24)27(31)29-18-17-21-15-16-26(30)25(19-21)22-11-7-3-1-4-8-12-22/h15-16,19,22-24,30H,1-14,17-18,20,28H2,(H,29,31). The molecular weight excluding hydrogens is 384 g/mol. The second-order valence-electron chi connectivity index (χ2n) is 10.0. The van der Waals surface area contributed by atoms with Gasteiger partial charge in [0.1, 0.15) is 5.75 Å². The summed E-state index contributed by atoms with van der Waals surface area (Å²) in [6.07, 6.45) is 18.6. The van der Waals surface area contributed by atoms with Crippen LogP contribution < -0.4 is 11.1 Å². The van der Waals surface area contributed by atoms with Crippen LogP contribution in [0.4, 0.5) is 0 Å². The molecule has 2 fully saturated rings. The molecule has 0 aliphatic heterocycles. The van der Waals surface area contributed by atoms with E-state index in [1.54, 1.807) is 0 Å². The van der Waals surface area contributed by atoms with Crippen LogP contribution in [-0.4, -0.2) is 23.6 Å². The van der Waals surface area contributed by atoms with Gasteiger partial charge in [-0.15, -0.1) is 0 Å². The van der Waals surface area contributed by atoms with Gasteiger partial charge in [-0.1, -0.05) is 76.3 Å². The fourth-order valence-electron chi connectivity index (χ4n) is 5.49. The second-order valence-corrected chi connectivity index (χ2v) is 10.0. The minimum absolute atomic E-state index is 0.0541. The number of nitrogens with one attached hydrogen (secondary N) is 1. The van der Waals surface area contributed by atoms with E-state index in [2.05, 4.69) is 11.4 Å². The molecule has 2 unspecified atom stereocenters. The molecule has 0 bridgehead atoms. The molecule has 0 saturated heterocycles. The summed E-state index contributed by atoms with van der Waals surface area (Å²) in [5.41, 5.74) is 8.61. The van der Waals surface area contributed by atoms with Gasteiger partial charge < -0.3 is 16.2 Å². The molecule has 0 heterocycles. The normalized spacial score (nSPS) is 24.7. The van der Waals surface area contributed by atoms with Crippen LogP contribution in [0.15, 0.2) is 18.2 Å². The number of nitrogens with two attached hydrogens (primary N) is 1. The Morgan fingerprint density at radius 3 is 2.23 bits per heavy atom. The Balaban J connectivity index is 1.52. The van der Waals surface area contributed by atoms with E-state index < -0.39 is 0 Å². The Kier molecular flexibility index (Phi) is 10.2. The molecule has 0 aromatic heterocycles. The average Bonchev–Trinajstić information content (AvgIpc) is 2.73. The number of amides is 1. The van der Waals surface area contributed by atoms with Gasteiger partial charge in [0.15, 0.2) is 0 Å². The van der Waals surface area contributed by atoms with Crippen LogP contribution in [0.1, 0.15) is 113 Å². The van der Waals surface area contributed by atoms with Gasteiger partial charge in [0.05, 0.1) is 0 Å². The van der Waals surface area contributed by atoms with Gasteiger partial charge in [-0.05, 0) is 61.6 Å².